The Hall–Kier alpha value is -4.46. The maximum atomic E-state index is 12.8. The lowest BCUT2D eigenvalue weighted by Crippen LogP contribution is -2.20. The number of carbonyl (C=O) groups excluding carboxylic acids is 1. The maximum Gasteiger partial charge on any atom is 0.323 e. The molecule has 4 rings (SSSR count). The summed E-state index contributed by atoms with van der Waals surface area (Å²) in [4.78, 5) is 25.3. The number of aromatic hydroxyl groups is 3. The Balaban J connectivity index is 1.82. The third-order valence-corrected chi connectivity index (χ3v) is 4.63. The summed E-state index contributed by atoms with van der Waals surface area (Å²) in [5.41, 5.74) is 1.01. The van der Waals surface area contributed by atoms with Crippen LogP contribution >= 0.6 is 0 Å². The number of urea groups is 1. The number of nitrogens with one attached hydrogen (secondary N) is 2. The zero-order valence-electron chi connectivity index (χ0n) is 16.3. The number of hydrogen-bond acceptors (Lipinski definition) is 6. The van der Waals surface area contributed by atoms with Gasteiger partial charge in [0.15, 0.2) is 22.8 Å². The topological polar surface area (TPSA) is 132 Å². The Morgan fingerprint density at radius 3 is 2.35 bits per heavy atom. The first-order chi connectivity index (χ1) is 14.8. The second-order valence-corrected chi connectivity index (χ2v) is 6.95. The predicted octanol–water partition coefficient (Wildman–Crippen LogP) is 4.53. The van der Waals surface area contributed by atoms with E-state index < -0.39 is 23.0 Å². The molecule has 1 aromatic heterocycles. The molecule has 0 saturated heterocycles. The van der Waals surface area contributed by atoms with E-state index in [1.165, 1.54) is 12.1 Å². The summed E-state index contributed by atoms with van der Waals surface area (Å²) < 4.78 is 5.81. The number of benzene rings is 3. The standard InChI is InChI=1S/C23H18N2O6/c1-12-9-15-19(28)20(29)21(13-7-8-17(26)18(27)11-13)31-22(15)16(10-12)25-23(30)24-14-5-3-2-4-6-14/h2-11,26-27,29H,1H3,(H2,24,25,30). The third kappa shape index (κ3) is 3.86. The minimum Gasteiger partial charge on any atom is -0.504 e. The molecule has 31 heavy (non-hydrogen) atoms. The van der Waals surface area contributed by atoms with E-state index in [2.05, 4.69) is 10.6 Å². The molecule has 3 aromatic carbocycles. The summed E-state index contributed by atoms with van der Waals surface area (Å²) in [6.07, 6.45) is 0. The normalized spacial score (nSPS) is 10.7. The number of rotatable bonds is 3. The molecule has 8 heteroatoms. The fourth-order valence-electron chi connectivity index (χ4n) is 3.19. The SMILES string of the molecule is Cc1cc(NC(=O)Nc2ccccc2)c2oc(-c3ccc(O)c(O)c3)c(O)c(=O)c2c1. The lowest BCUT2D eigenvalue weighted by molar-refractivity contribution is 0.262. The van der Waals surface area contributed by atoms with Gasteiger partial charge in [0, 0.05) is 11.3 Å². The van der Waals surface area contributed by atoms with Crippen molar-refractivity contribution in [2.24, 2.45) is 0 Å². The van der Waals surface area contributed by atoms with Crippen molar-refractivity contribution in [3.05, 3.63) is 76.5 Å². The van der Waals surface area contributed by atoms with Crippen molar-refractivity contribution >= 4 is 28.4 Å². The number of amides is 2. The smallest absolute Gasteiger partial charge is 0.323 e. The van der Waals surface area contributed by atoms with Crippen molar-refractivity contribution in [3.63, 3.8) is 0 Å². The van der Waals surface area contributed by atoms with Crippen LogP contribution in [0.25, 0.3) is 22.3 Å². The highest BCUT2D eigenvalue weighted by Gasteiger charge is 2.20. The number of para-hydroxylation sites is 1. The summed E-state index contributed by atoms with van der Waals surface area (Å²) in [6.45, 7) is 1.74. The van der Waals surface area contributed by atoms with Crippen LogP contribution in [0.15, 0.2) is 69.9 Å². The average molecular weight is 418 g/mol. The van der Waals surface area contributed by atoms with E-state index in [0.717, 1.165) is 6.07 Å². The van der Waals surface area contributed by atoms with E-state index in [9.17, 15) is 24.9 Å². The molecule has 0 saturated carbocycles. The zero-order valence-corrected chi connectivity index (χ0v) is 16.3. The van der Waals surface area contributed by atoms with Gasteiger partial charge < -0.3 is 30.4 Å². The Morgan fingerprint density at radius 1 is 0.903 bits per heavy atom. The highest BCUT2D eigenvalue weighted by Crippen LogP contribution is 2.37. The quantitative estimate of drug-likeness (QED) is 0.311. The van der Waals surface area contributed by atoms with E-state index in [1.807, 2.05) is 6.07 Å². The molecule has 0 aliphatic heterocycles. The molecule has 0 radical (unpaired) electrons. The Morgan fingerprint density at radius 2 is 1.65 bits per heavy atom. The van der Waals surface area contributed by atoms with Crippen LogP contribution in [0.2, 0.25) is 0 Å². The molecule has 4 aromatic rings. The molecule has 5 N–H and O–H groups in total. The van der Waals surface area contributed by atoms with Crippen molar-refractivity contribution in [1.29, 1.82) is 0 Å². The predicted molar refractivity (Wildman–Crippen MR) is 117 cm³/mol. The minimum atomic E-state index is -0.695. The summed E-state index contributed by atoms with van der Waals surface area (Å²) in [7, 11) is 0. The van der Waals surface area contributed by atoms with Crippen molar-refractivity contribution in [2.75, 3.05) is 10.6 Å². The highest BCUT2D eigenvalue weighted by atomic mass is 16.4. The van der Waals surface area contributed by atoms with Gasteiger partial charge >= 0.3 is 6.03 Å². The molecule has 156 valence electrons. The summed E-state index contributed by atoms with van der Waals surface area (Å²) in [5, 5.41) is 35.1. The molecule has 2 amide bonds. The van der Waals surface area contributed by atoms with Crippen LogP contribution < -0.4 is 16.1 Å². The van der Waals surface area contributed by atoms with Gasteiger partial charge in [-0.2, -0.15) is 0 Å². The fraction of sp³-hybridized carbons (Fsp3) is 0.0435. The molecular weight excluding hydrogens is 400 g/mol. The zero-order chi connectivity index (χ0) is 22.1. The van der Waals surface area contributed by atoms with Gasteiger partial charge in [0.05, 0.1) is 11.1 Å². The number of carbonyl (C=O) groups is 1. The van der Waals surface area contributed by atoms with Crippen molar-refractivity contribution in [3.8, 4) is 28.6 Å². The number of hydrogen-bond donors (Lipinski definition) is 5. The van der Waals surface area contributed by atoms with Crippen LogP contribution in [-0.2, 0) is 0 Å². The molecule has 8 nitrogen and oxygen atoms in total. The maximum absolute atomic E-state index is 12.8. The van der Waals surface area contributed by atoms with Crippen LogP contribution in [0, 0.1) is 6.92 Å². The van der Waals surface area contributed by atoms with E-state index in [4.69, 9.17) is 4.42 Å². The fourth-order valence-corrected chi connectivity index (χ4v) is 3.19. The lowest BCUT2D eigenvalue weighted by Gasteiger charge is -2.13. The van der Waals surface area contributed by atoms with Gasteiger partial charge in [-0.3, -0.25) is 4.79 Å². The molecule has 0 atom stereocenters. The summed E-state index contributed by atoms with van der Waals surface area (Å²) >= 11 is 0. The molecule has 0 spiro atoms. The third-order valence-electron chi connectivity index (χ3n) is 4.63. The number of phenols is 2. The number of phenolic OH excluding ortho intramolecular Hbond substituents is 2. The van der Waals surface area contributed by atoms with Crippen LogP contribution in [0.4, 0.5) is 16.2 Å². The second-order valence-electron chi connectivity index (χ2n) is 6.95. The molecule has 0 aliphatic rings. The molecule has 0 unspecified atom stereocenters. The highest BCUT2D eigenvalue weighted by molar-refractivity contribution is 6.05. The molecule has 0 bridgehead atoms. The molecule has 1 heterocycles. The Labute approximate surface area is 176 Å². The molecular formula is C23H18N2O6. The first-order valence-electron chi connectivity index (χ1n) is 9.29. The van der Waals surface area contributed by atoms with Crippen molar-refractivity contribution < 1.29 is 24.5 Å². The van der Waals surface area contributed by atoms with E-state index in [0.29, 0.717) is 11.3 Å². The molecule has 0 fully saturated rings. The van der Waals surface area contributed by atoms with Crippen LogP contribution in [-0.4, -0.2) is 21.4 Å². The Kier molecular flexibility index (Phi) is 4.96. The van der Waals surface area contributed by atoms with Crippen LogP contribution in [0.3, 0.4) is 0 Å². The number of aryl methyl sites for hydroxylation is 1. The number of anilines is 2. The lowest BCUT2D eigenvalue weighted by atomic mass is 10.1. The van der Waals surface area contributed by atoms with Gasteiger partial charge in [-0.25, -0.2) is 4.79 Å². The van der Waals surface area contributed by atoms with Gasteiger partial charge in [-0.1, -0.05) is 18.2 Å². The first-order valence-corrected chi connectivity index (χ1v) is 9.29. The van der Waals surface area contributed by atoms with E-state index in [-0.39, 0.29) is 33.7 Å². The minimum absolute atomic E-state index is 0.0548. The van der Waals surface area contributed by atoms with E-state index >= 15 is 0 Å². The van der Waals surface area contributed by atoms with Crippen LogP contribution in [0.1, 0.15) is 5.56 Å². The Bertz CT molecular complexity index is 1360. The average Bonchev–Trinajstić information content (AvgIpc) is 2.74. The van der Waals surface area contributed by atoms with Crippen molar-refractivity contribution in [1.82, 2.24) is 0 Å². The van der Waals surface area contributed by atoms with Gasteiger partial charge in [-0.05, 0) is 55.0 Å². The number of fused-ring (bicyclic) bond motifs is 1. The van der Waals surface area contributed by atoms with Gasteiger partial charge in [-0.15, -0.1) is 0 Å². The summed E-state index contributed by atoms with van der Waals surface area (Å²) in [6, 6.07) is 15.2. The monoisotopic (exact) mass is 418 g/mol. The largest absolute Gasteiger partial charge is 0.504 e. The van der Waals surface area contributed by atoms with Gasteiger partial charge in [0.25, 0.3) is 0 Å². The van der Waals surface area contributed by atoms with Gasteiger partial charge in [0.1, 0.15) is 0 Å². The van der Waals surface area contributed by atoms with Crippen LogP contribution in [0.5, 0.6) is 17.2 Å². The van der Waals surface area contributed by atoms with E-state index in [1.54, 1.807) is 43.3 Å². The summed E-state index contributed by atoms with van der Waals surface area (Å²) in [5.74, 6) is -1.66. The first kappa shape index (κ1) is 19.8. The van der Waals surface area contributed by atoms with Crippen molar-refractivity contribution in [2.45, 2.75) is 6.92 Å². The molecule has 0 aliphatic carbocycles. The van der Waals surface area contributed by atoms with Gasteiger partial charge in [0.2, 0.25) is 11.2 Å². The second kappa shape index (κ2) is 7.75.